The van der Waals surface area contributed by atoms with Gasteiger partial charge in [0.15, 0.2) is 5.76 Å². The molecule has 0 saturated heterocycles. The molecule has 0 saturated carbocycles. The van der Waals surface area contributed by atoms with E-state index in [2.05, 4.69) is 32.9 Å². The van der Waals surface area contributed by atoms with Crippen LogP contribution in [0, 0.1) is 20.8 Å². The number of hydrogen-bond donors (Lipinski definition) is 1. The van der Waals surface area contributed by atoms with Crippen molar-refractivity contribution in [1.29, 1.82) is 0 Å². The second kappa shape index (κ2) is 4.85. The number of benzene rings is 1. The van der Waals surface area contributed by atoms with E-state index < -0.39 is 0 Å². The summed E-state index contributed by atoms with van der Waals surface area (Å²) >= 11 is 1.43. The normalized spacial score (nSPS) is 9.94. The second-order valence-electron chi connectivity index (χ2n) is 3.79. The molecule has 2 N–H and O–H groups in total. The second-order valence-corrected chi connectivity index (χ2v) is 4.67. The average Bonchev–Trinajstić information content (AvgIpc) is 2.49. The fraction of sp³-hybridized carbons (Fsp3) is 0.250. The molecule has 1 aromatic carbocycles. The highest BCUT2D eigenvalue weighted by Crippen LogP contribution is 2.28. The Morgan fingerprint density at radius 1 is 1.12 bits per heavy atom. The average molecular weight is 256 g/mol. The van der Waals surface area contributed by atoms with Gasteiger partial charge in [-0.1, -0.05) is 17.7 Å². The molecule has 1 aromatic heterocycles. The van der Waals surface area contributed by atoms with E-state index in [0.717, 1.165) is 11.3 Å². The summed E-state index contributed by atoms with van der Waals surface area (Å²) in [6.45, 7) is 6.29. The van der Waals surface area contributed by atoms with Gasteiger partial charge in [-0.15, -0.1) is 0 Å². The minimum atomic E-state index is 0. The van der Waals surface area contributed by atoms with Crippen molar-refractivity contribution in [3.05, 3.63) is 39.1 Å². The third-order valence-corrected chi connectivity index (χ3v) is 3.06. The smallest absolute Gasteiger partial charge is 0.426 e. The molecule has 0 atom stereocenters. The van der Waals surface area contributed by atoms with Crippen LogP contribution in [0.2, 0.25) is 0 Å². The van der Waals surface area contributed by atoms with Gasteiger partial charge in [0.05, 0.1) is 0 Å². The standard InChI is InChI=1S/C12H13NOS.ClH/c1-7-4-8(2)11(9(3)5-7)10-6-15-12(13)14-10;/h4-6,13H,1-3H3;1H. The Labute approximate surface area is 105 Å². The van der Waals surface area contributed by atoms with Gasteiger partial charge in [0, 0.05) is 10.9 Å². The molecule has 0 bridgehead atoms. The summed E-state index contributed by atoms with van der Waals surface area (Å²) in [6.07, 6.45) is 0. The number of halogens is 1. The summed E-state index contributed by atoms with van der Waals surface area (Å²) in [5.41, 5.74) is 4.90. The van der Waals surface area contributed by atoms with Crippen molar-refractivity contribution < 1.29 is 22.2 Å². The molecule has 2 nitrogen and oxygen atoms in total. The van der Waals surface area contributed by atoms with Crippen molar-refractivity contribution in [3.8, 4) is 11.3 Å². The van der Waals surface area contributed by atoms with E-state index in [9.17, 15) is 0 Å². The van der Waals surface area contributed by atoms with E-state index in [4.69, 9.17) is 9.83 Å². The van der Waals surface area contributed by atoms with Gasteiger partial charge < -0.3 is 16.8 Å². The number of hydrogen-bond acceptors (Lipinski definition) is 2. The van der Waals surface area contributed by atoms with Crippen molar-refractivity contribution >= 4 is 11.3 Å². The monoisotopic (exact) mass is 255 g/mol. The van der Waals surface area contributed by atoms with E-state index in [0.29, 0.717) is 4.87 Å². The maximum Gasteiger partial charge on any atom is 0.426 e. The van der Waals surface area contributed by atoms with Crippen molar-refractivity contribution in [2.45, 2.75) is 20.8 Å². The molecule has 4 heteroatoms. The summed E-state index contributed by atoms with van der Waals surface area (Å²) in [4.78, 5) is 0.504. The molecule has 0 aliphatic heterocycles. The van der Waals surface area contributed by atoms with Crippen LogP contribution in [-0.2, 0) is 0 Å². The molecule has 16 heavy (non-hydrogen) atoms. The summed E-state index contributed by atoms with van der Waals surface area (Å²) < 4.78 is 5.47. The Bertz CT molecular complexity index is 533. The maximum atomic E-state index is 5.60. The fourth-order valence-corrected chi connectivity index (χ4v) is 2.47. The van der Waals surface area contributed by atoms with Gasteiger partial charge in [-0.3, -0.25) is 0 Å². The van der Waals surface area contributed by atoms with Crippen LogP contribution < -0.4 is 22.7 Å². The first-order valence-corrected chi connectivity index (χ1v) is 5.71. The van der Waals surface area contributed by atoms with E-state index in [-0.39, 0.29) is 12.4 Å². The van der Waals surface area contributed by atoms with Crippen LogP contribution in [0.5, 0.6) is 0 Å². The lowest BCUT2D eigenvalue weighted by molar-refractivity contribution is -0.190. The first-order chi connectivity index (χ1) is 7.08. The Hall–Kier alpha value is -1.06. The largest absolute Gasteiger partial charge is 1.00 e. The Kier molecular flexibility index (Phi) is 3.94. The van der Waals surface area contributed by atoms with E-state index in [1.807, 2.05) is 5.38 Å². The SMILES string of the molecule is Cc1cc(C)c(-c2csc(=[NH2+])o2)c(C)c1.[Cl-]. The zero-order chi connectivity index (χ0) is 11.0. The Morgan fingerprint density at radius 2 is 1.69 bits per heavy atom. The van der Waals surface area contributed by atoms with Gasteiger partial charge in [-0.25, -0.2) is 5.41 Å². The molecule has 0 amide bonds. The minimum absolute atomic E-state index is 0. The highest BCUT2D eigenvalue weighted by Gasteiger charge is 2.10. The Morgan fingerprint density at radius 3 is 2.12 bits per heavy atom. The maximum absolute atomic E-state index is 5.60. The summed E-state index contributed by atoms with van der Waals surface area (Å²) in [6, 6.07) is 4.32. The van der Waals surface area contributed by atoms with Gasteiger partial charge in [0.2, 0.25) is 0 Å². The minimum Gasteiger partial charge on any atom is -1.00 e. The third-order valence-electron chi connectivity index (χ3n) is 2.42. The van der Waals surface area contributed by atoms with Crippen LogP contribution >= 0.6 is 11.3 Å². The van der Waals surface area contributed by atoms with E-state index in [1.54, 1.807) is 0 Å². The van der Waals surface area contributed by atoms with Gasteiger partial charge >= 0.3 is 4.87 Å². The molecule has 0 aliphatic rings. The first-order valence-electron chi connectivity index (χ1n) is 4.83. The lowest BCUT2D eigenvalue weighted by Gasteiger charge is -2.07. The van der Waals surface area contributed by atoms with Crippen LogP contribution in [0.25, 0.3) is 11.3 Å². The van der Waals surface area contributed by atoms with Crippen LogP contribution in [0.4, 0.5) is 0 Å². The zero-order valence-electron chi connectivity index (χ0n) is 9.50. The topological polar surface area (TPSA) is 38.7 Å². The van der Waals surface area contributed by atoms with Crippen molar-refractivity contribution in [2.24, 2.45) is 0 Å². The predicted octanol–water partition coefficient (Wildman–Crippen LogP) is -1.40. The molecule has 2 aromatic rings. The van der Waals surface area contributed by atoms with Gasteiger partial charge in [-0.2, -0.15) is 0 Å². The van der Waals surface area contributed by atoms with Crippen LogP contribution in [0.15, 0.2) is 21.9 Å². The predicted molar refractivity (Wildman–Crippen MR) is 61.3 cm³/mol. The molecule has 1 heterocycles. The van der Waals surface area contributed by atoms with Crippen LogP contribution in [0.3, 0.4) is 0 Å². The van der Waals surface area contributed by atoms with Crippen LogP contribution in [-0.4, -0.2) is 0 Å². The number of nitrogens with two attached hydrogens (primary N) is 1. The molecular weight excluding hydrogens is 242 g/mol. The molecule has 0 unspecified atom stereocenters. The van der Waals surface area contributed by atoms with Gasteiger partial charge in [0.25, 0.3) is 0 Å². The lowest BCUT2D eigenvalue weighted by atomic mass is 9.99. The highest BCUT2D eigenvalue weighted by molar-refractivity contribution is 7.07. The molecule has 0 aliphatic carbocycles. The lowest BCUT2D eigenvalue weighted by Crippen LogP contribution is -3.00. The molecule has 0 fully saturated rings. The molecule has 0 spiro atoms. The van der Waals surface area contributed by atoms with Crippen molar-refractivity contribution in [1.82, 2.24) is 0 Å². The third kappa shape index (κ3) is 2.36. The van der Waals surface area contributed by atoms with Crippen molar-refractivity contribution in [3.63, 3.8) is 0 Å². The number of rotatable bonds is 1. The fourth-order valence-electron chi connectivity index (χ4n) is 1.95. The van der Waals surface area contributed by atoms with Crippen molar-refractivity contribution in [2.75, 3.05) is 0 Å². The van der Waals surface area contributed by atoms with Gasteiger partial charge in [0.1, 0.15) is 0 Å². The first kappa shape index (κ1) is 13.0. The van der Waals surface area contributed by atoms with E-state index in [1.165, 1.54) is 28.0 Å². The molecule has 2 rings (SSSR count). The summed E-state index contributed by atoms with van der Waals surface area (Å²) in [7, 11) is 0. The Balaban J connectivity index is 0.00000128. The molecular formula is C12H14ClNOS. The molecule has 86 valence electrons. The summed E-state index contributed by atoms with van der Waals surface area (Å²) in [5, 5.41) is 7.56. The van der Waals surface area contributed by atoms with Gasteiger partial charge in [-0.05, 0) is 43.2 Å². The van der Waals surface area contributed by atoms with Crippen LogP contribution in [0.1, 0.15) is 16.7 Å². The van der Waals surface area contributed by atoms with E-state index >= 15 is 0 Å². The zero-order valence-corrected chi connectivity index (χ0v) is 11.1. The number of aryl methyl sites for hydroxylation is 3. The molecule has 0 radical (unpaired) electrons. The highest BCUT2D eigenvalue weighted by atomic mass is 35.5. The quantitative estimate of drug-likeness (QED) is 0.669. The summed E-state index contributed by atoms with van der Waals surface area (Å²) in [5.74, 6) is 0.868.